The number of benzene rings is 2. The van der Waals surface area contributed by atoms with Crippen LogP contribution >= 0.6 is 11.8 Å². The highest BCUT2D eigenvalue weighted by atomic mass is 32.2. The lowest BCUT2D eigenvalue weighted by molar-refractivity contribution is -0.671. The average Bonchev–Trinajstić information content (AvgIpc) is 3.68. The molecule has 0 saturated heterocycles. The van der Waals surface area contributed by atoms with E-state index in [1.807, 2.05) is 17.8 Å². The number of fused-ring (bicyclic) bond motifs is 2. The predicted molar refractivity (Wildman–Crippen MR) is 228 cm³/mol. The molecular formula is C46H59N3O4S2+2. The summed E-state index contributed by atoms with van der Waals surface area (Å²) in [5.74, 6) is 0.505. The fourth-order valence-corrected chi connectivity index (χ4v) is 10.1. The topological polar surface area (TPSA) is 73.7 Å². The van der Waals surface area contributed by atoms with Crippen LogP contribution in [0.1, 0.15) is 101 Å². The fraction of sp³-hybridized carbons (Fsp3) is 0.435. The molecular weight excluding hydrogens is 723 g/mol. The monoisotopic (exact) mass is 781 g/mol. The molecule has 3 aliphatic rings. The van der Waals surface area contributed by atoms with Gasteiger partial charge in [0.05, 0.1) is 18.3 Å². The molecule has 0 bridgehead atoms. The molecule has 0 radical (unpaired) electrons. The Kier molecular flexibility index (Phi) is 12.1. The summed E-state index contributed by atoms with van der Waals surface area (Å²) in [5, 5.41) is 0.245. The number of unbranched alkanes of at least 4 members (excludes halogenated alkanes) is 1. The largest absolute Gasteiger partial charge is 0.497 e. The normalized spacial score (nSPS) is 19.6. The molecule has 0 amide bonds. The molecule has 7 nitrogen and oxygen atoms in total. The number of hydrogen-bond acceptors (Lipinski definition) is 5. The van der Waals surface area contributed by atoms with Gasteiger partial charge >= 0.3 is 0 Å². The number of thioether (sulfide) groups is 1. The van der Waals surface area contributed by atoms with Gasteiger partial charge < -0.3 is 9.64 Å². The number of pyridine rings is 1. The second kappa shape index (κ2) is 16.3. The first-order valence-corrected chi connectivity index (χ1v) is 22.2. The van der Waals surface area contributed by atoms with Crippen molar-refractivity contribution in [2.45, 2.75) is 96.7 Å². The van der Waals surface area contributed by atoms with Gasteiger partial charge in [0, 0.05) is 69.8 Å². The summed E-state index contributed by atoms with van der Waals surface area (Å²) in [6, 6.07) is 17.4. The van der Waals surface area contributed by atoms with Crippen LogP contribution in [0.25, 0.3) is 0 Å². The molecule has 3 aromatic rings. The van der Waals surface area contributed by atoms with Gasteiger partial charge in [-0.3, -0.25) is 4.55 Å². The van der Waals surface area contributed by atoms with Crippen molar-refractivity contribution in [3.63, 3.8) is 0 Å². The van der Waals surface area contributed by atoms with Crippen LogP contribution in [-0.4, -0.2) is 49.2 Å². The molecule has 0 spiro atoms. The lowest BCUT2D eigenvalue weighted by Crippen LogP contribution is -2.28. The third-order valence-corrected chi connectivity index (χ3v) is 13.8. The minimum Gasteiger partial charge on any atom is -0.497 e. The third-order valence-electron chi connectivity index (χ3n) is 11.6. The van der Waals surface area contributed by atoms with Crippen LogP contribution < -0.4 is 14.2 Å². The maximum atomic E-state index is 11.7. The van der Waals surface area contributed by atoms with Crippen molar-refractivity contribution < 1.29 is 26.9 Å². The Bertz CT molecular complexity index is 2210. The van der Waals surface area contributed by atoms with Gasteiger partial charge in [0.2, 0.25) is 5.69 Å². The summed E-state index contributed by atoms with van der Waals surface area (Å²) < 4.78 is 42.9. The molecule has 1 aliphatic carbocycles. The van der Waals surface area contributed by atoms with Crippen molar-refractivity contribution in [3.05, 3.63) is 129 Å². The summed E-state index contributed by atoms with van der Waals surface area (Å²) in [4.78, 5) is 3.88. The van der Waals surface area contributed by atoms with E-state index >= 15 is 0 Å². The molecule has 3 heterocycles. The standard InChI is InChI=1S/C46H58N3O4S2/c1-10-11-25-48-40-19-13-32(2)30-38(40)45(4,5)42(48)21-16-35-14-15-36(44(35)54-33(3)34-23-27-47(8)28-24-34)17-22-43-46(6,7)39-31-37(53-9)18-20-41(39)49(43)26-12-29-55(50,51)52/h13,16-24,27-28,30-31,33H,10-12,14-15,25-26,29H2,1-9H3/q+1/p+1. The van der Waals surface area contributed by atoms with Crippen LogP contribution in [-0.2, 0) is 28.0 Å². The lowest BCUT2D eigenvalue weighted by Gasteiger charge is -2.27. The average molecular weight is 782 g/mol. The lowest BCUT2D eigenvalue weighted by atomic mass is 9.81. The second-order valence-electron chi connectivity index (χ2n) is 16.3. The summed E-state index contributed by atoms with van der Waals surface area (Å²) in [7, 11) is -0.342. The summed E-state index contributed by atoms with van der Waals surface area (Å²) >= 11 is 1.93. The van der Waals surface area contributed by atoms with Crippen LogP contribution in [0.15, 0.2) is 107 Å². The Balaban J connectivity index is 1.43. The minimum atomic E-state index is -4.07. The maximum absolute atomic E-state index is 11.7. The van der Waals surface area contributed by atoms with Gasteiger partial charge in [-0.05, 0) is 93.5 Å². The zero-order valence-electron chi connectivity index (χ0n) is 34.1. The van der Waals surface area contributed by atoms with E-state index in [1.54, 1.807) is 7.11 Å². The maximum Gasteiger partial charge on any atom is 0.265 e. The minimum absolute atomic E-state index is 0.113. The summed E-state index contributed by atoms with van der Waals surface area (Å²) in [5.41, 5.74) is 12.1. The first-order chi connectivity index (χ1) is 26.0. The van der Waals surface area contributed by atoms with E-state index in [-0.39, 0.29) is 21.8 Å². The number of aromatic nitrogens is 1. The van der Waals surface area contributed by atoms with E-state index in [0.717, 1.165) is 54.9 Å². The van der Waals surface area contributed by atoms with Crippen LogP contribution in [0.2, 0.25) is 0 Å². The van der Waals surface area contributed by atoms with Gasteiger partial charge in [0.25, 0.3) is 10.1 Å². The number of nitrogens with zero attached hydrogens (tertiary/aromatic N) is 3. The zero-order chi connectivity index (χ0) is 39.7. The Hall–Kier alpha value is -3.92. The first kappa shape index (κ1) is 40.7. The Morgan fingerprint density at radius 3 is 2.40 bits per heavy atom. The summed E-state index contributed by atoms with van der Waals surface area (Å²) in [6.07, 6.45) is 18.1. The van der Waals surface area contributed by atoms with E-state index in [4.69, 9.17) is 4.74 Å². The van der Waals surface area contributed by atoms with Crippen LogP contribution in [0.4, 0.5) is 11.4 Å². The zero-order valence-corrected chi connectivity index (χ0v) is 35.8. The number of anilines is 1. The number of rotatable bonds is 14. The third kappa shape index (κ3) is 8.59. The van der Waals surface area contributed by atoms with Crippen molar-refractivity contribution in [2.75, 3.05) is 30.9 Å². The number of ether oxygens (including phenoxy) is 1. The highest BCUT2D eigenvalue weighted by molar-refractivity contribution is 8.03. The van der Waals surface area contributed by atoms with E-state index in [1.165, 1.54) is 44.1 Å². The molecule has 0 saturated carbocycles. The Morgan fingerprint density at radius 2 is 1.71 bits per heavy atom. The molecule has 1 unspecified atom stereocenters. The molecule has 9 heteroatoms. The second-order valence-corrected chi connectivity index (χ2v) is 19.2. The first-order valence-electron chi connectivity index (χ1n) is 19.7. The molecule has 1 aromatic heterocycles. The molecule has 55 heavy (non-hydrogen) atoms. The van der Waals surface area contributed by atoms with Crippen LogP contribution in [0.3, 0.4) is 0 Å². The molecule has 6 rings (SSSR count). The van der Waals surface area contributed by atoms with Crippen LogP contribution in [0, 0.1) is 6.92 Å². The highest BCUT2D eigenvalue weighted by Crippen LogP contribution is 2.50. The van der Waals surface area contributed by atoms with Gasteiger partial charge in [0.15, 0.2) is 18.1 Å². The van der Waals surface area contributed by atoms with E-state index in [2.05, 4.69) is 149 Å². The molecule has 292 valence electrons. The quantitative estimate of drug-likeness (QED) is 0.130. The Morgan fingerprint density at radius 1 is 0.964 bits per heavy atom. The van der Waals surface area contributed by atoms with E-state index < -0.39 is 10.1 Å². The van der Waals surface area contributed by atoms with Crippen molar-refractivity contribution in [1.29, 1.82) is 0 Å². The van der Waals surface area contributed by atoms with Gasteiger partial charge in [0.1, 0.15) is 19.3 Å². The Labute approximate surface area is 334 Å². The van der Waals surface area contributed by atoms with Gasteiger partial charge in [-0.1, -0.05) is 57.0 Å². The van der Waals surface area contributed by atoms with Gasteiger partial charge in [-0.2, -0.15) is 13.0 Å². The predicted octanol–water partition coefficient (Wildman–Crippen LogP) is 9.99. The molecule has 1 atom stereocenters. The molecule has 2 aromatic carbocycles. The number of hydrogen-bond donors (Lipinski definition) is 1. The number of methoxy groups -OCH3 is 1. The molecule has 2 aliphatic heterocycles. The van der Waals surface area contributed by atoms with E-state index in [0.29, 0.717) is 13.0 Å². The molecule has 1 N–H and O–H groups in total. The van der Waals surface area contributed by atoms with Crippen LogP contribution in [0.5, 0.6) is 5.75 Å². The fourth-order valence-electron chi connectivity index (χ4n) is 8.33. The number of aryl methyl sites for hydroxylation is 2. The van der Waals surface area contributed by atoms with Gasteiger partial charge in [-0.25, -0.2) is 4.57 Å². The van der Waals surface area contributed by atoms with Crippen molar-refractivity contribution in [1.82, 2.24) is 0 Å². The molecule has 0 fully saturated rings. The smallest absolute Gasteiger partial charge is 0.265 e. The summed E-state index contributed by atoms with van der Waals surface area (Å²) in [6.45, 7) is 17.4. The van der Waals surface area contributed by atoms with Crippen molar-refractivity contribution in [3.8, 4) is 5.75 Å². The van der Waals surface area contributed by atoms with Gasteiger partial charge in [-0.15, -0.1) is 11.8 Å². The number of allylic oxidation sites excluding steroid dienone is 7. The SMILES string of the molecule is CCCCN1/C(=C/C=C2\CCC(/C=C/C3=[N+](CCCS(=O)(=O)O)c4ccc(OC)cc4C3(C)C)=C2SC(C)c2cc[n+](C)cc2)C(C)(C)c2cc(C)ccc21. The van der Waals surface area contributed by atoms with E-state index in [9.17, 15) is 13.0 Å². The highest BCUT2D eigenvalue weighted by Gasteiger charge is 2.45. The van der Waals surface area contributed by atoms with Crippen molar-refractivity contribution >= 4 is 39.0 Å². The van der Waals surface area contributed by atoms with Crippen molar-refractivity contribution in [2.24, 2.45) is 7.05 Å².